The molecule has 33 heavy (non-hydrogen) atoms. The molecule has 1 aliphatic heterocycles. The molecule has 0 amide bonds. The molecule has 1 saturated heterocycles. The van der Waals surface area contributed by atoms with E-state index in [2.05, 4.69) is 80.2 Å². The van der Waals surface area contributed by atoms with Crippen molar-refractivity contribution in [3.05, 3.63) is 42.0 Å². The van der Waals surface area contributed by atoms with E-state index in [1.54, 1.807) is 6.33 Å². The third-order valence-electron chi connectivity index (χ3n) is 5.89. The summed E-state index contributed by atoms with van der Waals surface area (Å²) >= 11 is 0. The number of aromatic nitrogens is 3. The SMILES string of the molecule is CCNC(=NCCCCN1CCN(c2cccc(C)c2)CC1)NCCn1cnnc1CC.I. The van der Waals surface area contributed by atoms with Crippen molar-refractivity contribution in [1.82, 2.24) is 30.3 Å². The summed E-state index contributed by atoms with van der Waals surface area (Å²) in [7, 11) is 0. The number of unbranched alkanes of at least 4 members (excludes halogenated alkanes) is 1. The first kappa shape index (κ1) is 27.4. The Labute approximate surface area is 216 Å². The molecule has 1 aromatic heterocycles. The summed E-state index contributed by atoms with van der Waals surface area (Å²) in [6, 6.07) is 8.84. The van der Waals surface area contributed by atoms with Crippen LogP contribution in [0.25, 0.3) is 0 Å². The van der Waals surface area contributed by atoms with Crippen LogP contribution in [0, 0.1) is 6.92 Å². The third-order valence-corrected chi connectivity index (χ3v) is 5.89. The molecule has 0 aliphatic carbocycles. The van der Waals surface area contributed by atoms with Gasteiger partial charge in [-0.25, -0.2) is 0 Å². The van der Waals surface area contributed by atoms with Gasteiger partial charge >= 0.3 is 0 Å². The van der Waals surface area contributed by atoms with E-state index >= 15 is 0 Å². The molecule has 0 saturated carbocycles. The number of aryl methyl sites for hydroxylation is 2. The minimum absolute atomic E-state index is 0. The number of aliphatic imine (C=N–C) groups is 1. The van der Waals surface area contributed by atoms with Gasteiger partial charge in [-0.2, -0.15) is 0 Å². The van der Waals surface area contributed by atoms with Crippen molar-refractivity contribution in [3.8, 4) is 0 Å². The van der Waals surface area contributed by atoms with E-state index in [0.717, 1.165) is 83.5 Å². The Balaban J connectivity index is 0.00000385. The molecule has 0 atom stereocenters. The van der Waals surface area contributed by atoms with Crippen molar-refractivity contribution in [1.29, 1.82) is 0 Å². The van der Waals surface area contributed by atoms with Crippen LogP contribution in [0.4, 0.5) is 5.69 Å². The predicted octanol–water partition coefficient (Wildman–Crippen LogP) is 2.92. The second kappa shape index (κ2) is 15.1. The van der Waals surface area contributed by atoms with Crippen LogP contribution in [0.15, 0.2) is 35.6 Å². The maximum Gasteiger partial charge on any atom is 0.191 e. The van der Waals surface area contributed by atoms with Gasteiger partial charge in [0.1, 0.15) is 12.2 Å². The lowest BCUT2D eigenvalue weighted by Crippen LogP contribution is -2.46. The van der Waals surface area contributed by atoms with E-state index < -0.39 is 0 Å². The standard InChI is InChI=1S/C24H40N8.HI/c1-4-23-29-28-20-32(23)14-12-27-24(25-5-2)26-11-6-7-13-30-15-17-31(18-16-30)22-10-8-9-21(3)19-22;/h8-10,19-20H,4-7,11-18H2,1-3H3,(H2,25,26,27);1H. The van der Waals surface area contributed by atoms with Crippen LogP contribution >= 0.6 is 24.0 Å². The van der Waals surface area contributed by atoms with Gasteiger partial charge in [0.2, 0.25) is 0 Å². The van der Waals surface area contributed by atoms with E-state index in [0.29, 0.717) is 0 Å². The van der Waals surface area contributed by atoms with Crippen LogP contribution < -0.4 is 15.5 Å². The lowest BCUT2D eigenvalue weighted by Gasteiger charge is -2.36. The molecule has 3 rings (SSSR count). The fraction of sp³-hybridized carbons (Fsp3) is 0.625. The lowest BCUT2D eigenvalue weighted by atomic mass is 10.2. The van der Waals surface area contributed by atoms with E-state index in [1.807, 2.05) is 0 Å². The molecule has 8 nitrogen and oxygen atoms in total. The summed E-state index contributed by atoms with van der Waals surface area (Å²) in [5.74, 6) is 1.92. The minimum Gasteiger partial charge on any atom is -0.369 e. The number of nitrogens with one attached hydrogen (secondary N) is 2. The van der Waals surface area contributed by atoms with Crippen molar-refractivity contribution >= 4 is 35.6 Å². The smallest absolute Gasteiger partial charge is 0.191 e. The van der Waals surface area contributed by atoms with Gasteiger partial charge in [0.25, 0.3) is 0 Å². The molecule has 1 fully saturated rings. The Kier molecular flexibility index (Phi) is 12.5. The largest absolute Gasteiger partial charge is 0.369 e. The zero-order chi connectivity index (χ0) is 22.6. The van der Waals surface area contributed by atoms with Gasteiger partial charge in [-0.15, -0.1) is 34.2 Å². The molecule has 0 radical (unpaired) electrons. The van der Waals surface area contributed by atoms with Gasteiger partial charge in [-0.05, 0) is 50.9 Å². The van der Waals surface area contributed by atoms with Crippen molar-refractivity contribution in [2.45, 2.75) is 46.6 Å². The van der Waals surface area contributed by atoms with Crippen LogP contribution in [0.3, 0.4) is 0 Å². The van der Waals surface area contributed by atoms with E-state index in [4.69, 9.17) is 4.99 Å². The molecule has 9 heteroatoms. The molecule has 0 spiro atoms. The summed E-state index contributed by atoms with van der Waals surface area (Å²) in [6.45, 7) is 15.4. The van der Waals surface area contributed by atoms with Gasteiger partial charge < -0.3 is 20.1 Å². The Morgan fingerprint density at radius 1 is 1.06 bits per heavy atom. The maximum absolute atomic E-state index is 4.74. The highest BCUT2D eigenvalue weighted by molar-refractivity contribution is 14.0. The summed E-state index contributed by atoms with van der Waals surface area (Å²) in [4.78, 5) is 9.84. The average molecular weight is 569 g/mol. The molecular formula is C24H41IN8. The first-order valence-corrected chi connectivity index (χ1v) is 12.1. The molecular weight excluding hydrogens is 527 g/mol. The monoisotopic (exact) mass is 568 g/mol. The number of anilines is 1. The van der Waals surface area contributed by atoms with E-state index in [-0.39, 0.29) is 24.0 Å². The maximum atomic E-state index is 4.74. The van der Waals surface area contributed by atoms with Crippen molar-refractivity contribution in [2.24, 2.45) is 4.99 Å². The molecule has 1 aliphatic rings. The van der Waals surface area contributed by atoms with Crippen LogP contribution in [-0.2, 0) is 13.0 Å². The van der Waals surface area contributed by atoms with Crippen LogP contribution in [0.5, 0.6) is 0 Å². The average Bonchev–Trinajstić information content (AvgIpc) is 3.27. The topological polar surface area (TPSA) is 73.6 Å². The Hall–Kier alpha value is -1.88. The van der Waals surface area contributed by atoms with E-state index in [1.165, 1.54) is 17.7 Å². The molecule has 2 aromatic rings. The number of nitrogens with zero attached hydrogens (tertiary/aromatic N) is 6. The Bertz CT molecular complexity index is 829. The zero-order valence-corrected chi connectivity index (χ0v) is 22.8. The molecule has 0 unspecified atom stereocenters. The summed E-state index contributed by atoms with van der Waals surface area (Å²) in [6.07, 6.45) is 4.99. The zero-order valence-electron chi connectivity index (χ0n) is 20.5. The normalized spacial score (nSPS) is 14.8. The number of benzene rings is 1. The lowest BCUT2D eigenvalue weighted by molar-refractivity contribution is 0.253. The van der Waals surface area contributed by atoms with Crippen molar-refractivity contribution in [3.63, 3.8) is 0 Å². The second-order valence-corrected chi connectivity index (χ2v) is 8.36. The summed E-state index contributed by atoms with van der Waals surface area (Å²) < 4.78 is 2.09. The van der Waals surface area contributed by atoms with Crippen molar-refractivity contribution < 1.29 is 0 Å². The number of halogens is 1. The molecule has 0 bridgehead atoms. The van der Waals surface area contributed by atoms with E-state index in [9.17, 15) is 0 Å². The minimum atomic E-state index is 0. The number of guanidine groups is 1. The predicted molar refractivity (Wildman–Crippen MR) is 148 cm³/mol. The van der Waals surface area contributed by atoms with Crippen LogP contribution in [-0.4, -0.2) is 78.0 Å². The Morgan fingerprint density at radius 3 is 2.61 bits per heavy atom. The number of hydrogen-bond acceptors (Lipinski definition) is 5. The molecule has 184 valence electrons. The Morgan fingerprint density at radius 2 is 1.88 bits per heavy atom. The highest BCUT2D eigenvalue weighted by atomic mass is 127. The van der Waals surface area contributed by atoms with Gasteiger partial charge in [-0.1, -0.05) is 19.1 Å². The molecule has 2 N–H and O–H groups in total. The molecule has 1 aromatic carbocycles. The highest BCUT2D eigenvalue weighted by Crippen LogP contribution is 2.17. The summed E-state index contributed by atoms with van der Waals surface area (Å²) in [5, 5.41) is 14.9. The summed E-state index contributed by atoms with van der Waals surface area (Å²) in [5.41, 5.74) is 2.69. The first-order valence-electron chi connectivity index (χ1n) is 12.1. The van der Waals surface area contributed by atoms with Gasteiger partial charge in [0.05, 0.1) is 0 Å². The number of rotatable bonds is 11. The fourth-order valence-corrected chi connectivity index (χ4v) is 4.07. The van der Waals surface area contributed by atoms with Gasteiger partial charge in [0, 0.05) is 64.5 Å². The first-order chi connectivity index (χ1) is 15.7. The van der Waals surface area contributed by atoms with Gasteiger partial charge in [0.15, 0.2) is 5.96 Å². The van der Waals surface area contributed by atoms with Crippen LogP contribution in [0.2, 0.25) is 0 Å². The molecule has 2 heterocycles. The fourth-order valence-electron chi connectivity index (χ4n) is 4.07. The number of piperazine rings is 1. The highest BCUT2D eigenvalue weighted by Gasteiger charge is 2.16. The quantitative estimate of drug-likeness (QED) is 0.188. The van der Waals surface area contributed by atoms with Crippen LogP contribution in [0.1, 0.15) is 38.1 Å². The second-order valence-electron chi connectivity index (χ2n) is 8.36. The third kappa shape index (κ3) is 9.11. The van der Waals surface area contributed by atoms with Gasteiger partial charge in [-0.3, -0.25) is 9.89 Å². The number of hydrogen-bond donors (Lipinski definition) is 2. The van der Waals surface area contributed by atoms with Crippen molar-refractivity contribution in [2.75, 3.05) is 57.3 Å².